The van der Waals surface area contributed by atoms with Crippen molar-refractivity contribution in [3.05, 3.63) is 34.2 Å². The lowest BCUT2D eigenvalue weighted by atomic mass is 10.0. The monoisotopic (exact) mass is 374 g/mol. The number of hydrogen-bond donors (Lipinski definition) is 1. The van der Waals surface area contributed by atoms with Gasteiger partial charge in [0.2, 0.25) is 5.91 Å². The molecule has 2 aromatic rings. The number of nitrogens with zero attached hydrogens (tertiary/aromatic N) is 5. The molecule has 1 amide bonds. The van der Waals surface area contributed by atoms with E-state index in [4.69, 9.17) is 0 Å². The van der Waals surface area contributed by atoms with Gasteiger partial charge in [-0.3, -0.25) is 4.79 Å². The third-order valence-electron chi connectivity index (χ3n) is 4.49. The lowest BCUT2D eigenvalue weighted by Crippen LogP contribution is -2.37. The molecule has 0 aliphatic carbocycles. The summed E-state index contributed by atoms with van der Waals surface area (Å²) in [5.41, 5.74) is 1.89. The third-order valence-corrected chi connectivity index (χ3v) is 5.31. The van der Waals surface area contributed by atoms with Crippen LogP contribution < -0.4 is 10.2 Å². The molecule has 0 unspecified atom stereocenters. The van der Waals surface area contributed by atoms with Crippen molar-refractivity contribution in [3.63, 3.8) is 0 Å². The van der Waals surface area contributed by atoms with Crippen molar-refractivity contribution in [1.29, 1.82) is 0 Å². The maximum absolute atomic E-state index is 12.7. The van der Waals surface area contributed by atoms with Gasteiger partial charge in [-0.25, -0.2) is 15.0 Å². The van der Waals surface area contributed by atoms with E-state index in [1.807, 2.05) is 42.3 Å². The average Bonchev–Trinajstić information content (AvgIpc) is 2.88. The van der Waals surface area contributed by atoms with Crippen LogP contribution in [0.25, 0.3) is 0 Å². The minimum Gasteiger partial charge on any atom is -0.363 e. The summed E-state index contributed by atoms with van der Waals surface area (Å²) in [5.74, 6) is 1.40. The zero-order chi connectivity index (χ0) is 18.5. The summed E-state index contributed by atoms with van der Waals surface area (Å²) in [6.07, 6.45) is 2.83. The molecule has 0 radical (unpaired) electrons. The molecule has 0 aromatic carbocycles. The summed E-state index contributed by atoms with van der Waals surface area (Å²) in [6.45, 7) is 5.17. The minimum absolute atomic E-state index is 0.153. The maximum Gasteiger partial charge on any atom is 0.228 e. The molecular formula is C18H26N6OS. The van der Waals surface area contributed by atoms with Crippen LogP contribution in [0, 0.1) is 12.8 Å². The van der Waals surface area contributed by atoms with Crippen LogP contribution in [0.2, 0.25) is 0 Å². The number of carbonyl (C=O) groups is 1. The standard InChI is InChI=1S/C18H26N6OS/c1-13-22-16(11-26-13)8-18(25)24-5-4-19-9-14(10-24)6-15-7-17(23(2)3)21-12-20-15/h7,11-12,14,19H,4-6,8-10H2,1-3H3/t14-/m1/s1. The Morgan fingerprint density at radius 1 is 1.38 bits per heavy atom. The highest BCUT2D eigenvalue weighted by Gasteiger charge is 2.23. The summed E-state index contributed by atoms with van der Waals surface area (Å²) in [6, 6.07) is 2.02. The van der Waals surface area contributed by atoms with Crippen LogP contribution in [-0.2, 0) is 17.6 Å². The SMILES string of the molecule is Cc1nc(CC(=O)N2CCNC[C@@H](Cc3cc(N(C)C)ncn3)C2)cs1. The zero-order valence-electron chi connectivity index (χ0n) is 15.6. The molecule has 0 bridgehead atoms. The van der Waals surface area contributed by atoms with Crippen LogP contribution in [0.3, 0.4) is 0 Å². The molecule has 7 nitrogen and oxygen atoms in total. The second-order valence-electron chi connectivity index (χ2n) is 6.91. The Bertz CT molecular complexity index is 747. The van der Waals surface area contributed by atoms with Crippen molar-refractivity contribution < 1.29 is 4.79 Å². The first-order valence-electron chi connectivity index (χ1n) is 8.89. The highest BCUT2D eigenvalue weighted by molar-refractivity contribution is 7.09. The fourth-order valence-corrected chi connectivity index (χ4v) is 3.76. The molecule has 140 valence electrons. The molecule has 3 heterocycles. The third kappa shape index (κ3) is 4.98. The van der Waals surface area contributed by atoms with Gasteiger partial charge in [-0.2, -0.15) is 0 Å². The van der Waals surface area contributed by atoms with Crippen molar-refractivity contribution >= 4 is 23.1 Å². The van der Waals surface area contributed by atoms with E-state index in [0.717, 1.165) is 54.8 Å². The number of nitrogens with one attached hydrogen (secondary N) is 1. The second kappa shape index (κ2) is 8.55. The van der Waals surface area contributed by atoms with E-state index in [9.17, 15) is 4.79 Å². The van der Waals surface area contributed by atoms with Crippen LogP contribution in [0.15, 0.2) is 17.8 Å². The van der Waals surface area contributed by atoms with Crippen LogP contribution in [0.4, 0.5) is 5.82 Å². The lowest BCUT2D eigenvalue weighted by Gasteiger charge is -2.24. The molecule has 0 saturated carbocycles. The van der Waals surface area contributed by atoms with Gasteiger partial charge in [0.1, 0.15) is 12.1 Å². The van der Waals surface area contributed by atoms with Crippen LogP contribution in [0.5, 0.6) is 0 Å². The predicted octanol–water partition coefficient (Wildman–Crippen LogP) is 1.14. The van der Waals surface area contributed by atoms with Gasteiger partial charge in [0.05, 0.1) is 17.1 Å². The van der Waals surface area contributed by atoms with Crippen molar-refractivity contribution in [3.8, 4) is 0 Å². The Labute approximate surface area is 158 Å². The summed E-state index contributed by atoms with van der Waals surface area (Å²) in [7, 11) is 3.94. The molecule has 1 fully saturated rings. The van der Waals surface area contributed by atoms with E-state index >= 15 is 0 Å². The normalized spacial score (nSPS) is 17.8. The van der Waals surface area contributed by atoms with Crippen molar-refractivity contribution in [2.75, 3.05) is 45.2 Å². The summed E-state index contributed by atoms with van der Waals surface area (Å²) < 4.78 is 0. The average molecular weight is 375 g/mol. The van der Waals surface area contributed by atoms with Crippen LogP contribution >= 0.6 is 11.3 Å². The first-order valence-corrected chi connectivity index (χ1v) is 9.77. The number of carbonyl (C=O) groups excluding carboxylic acids is 1. The number of aryl methyl sites for hydroxylation is 1. The second-order valence-corrected chi connectivity index (χ2v) is 7.97. The largest absolute Gasteiger partial charge is 0.363 e. The smallest absolute Gasteiger partial charge is 0.228 e. The van der Waals surface area contributed by atoms with Gasteiger partial charge in [-0.15, -0.1) is 11.3 Å². The van der Waals surface area contributed by atoms with Crippen LogP contribution in [-0.4, -0.2) is 66.0 Å². The van der Waals surface area contributed by atoms with E-state index in [1.54, 1.807) is 17.7 Å². The number of thiazole rings is 1. The Kier molecular flexibility index (Phi) is 6.16. The van der Waals surface area contributed by atoms with E-state index in [-0.39, 0.29) is 5.91 Å². The summed E-state index contributed by atoms with van der Waals surface area (Å²) >= 11 is 1.59. The lowest BCUT2D eigenvalue weighted by molar-refractivity contribution is -0.130. The number of anilines is 1. The highest BCUT2D eigenvalue weighted by Crippen LogP contribution is 2.15. The van der Waals surface area contributed by atoms with E-state index in [2.05, 4.69) is 20.3 Å². The van der Waals surface area contributed by atoms with Gasteiger partial charge in [0.15, 0.2) is 0 Å². The minimum atomic E-state index is 0.153. The van der Waals surface area contributed by atoms with Gasteiger partial charge in [-0.1, -0.05) is 0 Å². The molecule has 8 heteroatoms. The maximum atomic E-state index is 12.7. The van der Waals surface area contributed by atoms with Gasteiger partial charge in [-0.05, 0) is 19.3 Å². The fraction of sp³-hybridized carbons (Fsp3) is 0.556. The zero-order valence-corrected chi connectivity index (χ0v) is 16.4. The number of hydrogen-bond acceptors (Lipinski definition) is 7. The van der Waals surface area contributed by atoms with Crippen molar-refractivity contribution in [2.24, 2.45) is 5.92 Å². The first-order chi connectivity index (χ1) is 12.5. The summed E-state index contributed by atoms with van der Waals surface area (Å²) in [5, 5.41) is 6.43. The number of rotatable bonds is 5. The van der Waals surface area contributed by atoms with Gasteiger partial charge >= 0.3 is 0 Å². The van der Waals surface area contributed by atoms with Gasteiger partial charge < -0.3 is 15.1 Å². The Balaban J connectivity index is 1.63. The number of aromatic nitrogens is 3. The molecule has 3 rings (SSSR count). The molecule has 0 spiro atoms. The molecule has 1 aliphatic heterocycles. The quantitative estimate of drug-likeness (QED) is 0.846. The molecule has 26 heavy (non-hydrogen) atoms. The molecule has 1 N–H and O–H groups in total. The predicted molar refractivity (Wildman–Crippen MR) is 104 cm³/mol. The van der Waals surface area contributed by atoms with Crippen molar-refractivity contribution in [2.45, 2.75) is 19.8 Å². The van der Waals surface area contributed by atoms with E-state index < -0.39 is 0 Å². The summed E-state index contributed by atoms with van der Waals surface area (Å²) in [4.78, 5) is 29.7. The van der Waals surface area contributed by atoms with Gasteiger partial charge in [0, 0.05) is 57.4 Å². The Hall–Kier alpha value is -2.06. The molecule has 1 saturated heterocycles. The number of amides is 1. The highest BCUT2D eigenvalue weighted by atomic mass is 32.1. The van der Waals surface area contributed by atoms with Crippen molar-refractivity contribution in [1.82, 2.24) is 25.2 Å². The molecule has 1 atom stereocenters. The topological polar surface area (TPSA) is 74.2 Å². The van der Waals surface area contributed by atoms with Gasteiger partial charge in [0.25, 0.3) is 0 Å². The fourth-order valence-electron chi connectivity index (χ4n) is 3.14. The van der Waals surface area contributed by atoms with Crippen LogP contribution in [0.1, 0.15) is 16.4 Å². The van der Waals surface area contributed by atoms with E-state index in [0.29, 0.717) is 12.3 Å². The molecule has 1 aliphatic rings. The Morgan fingerprint density at radius 2 is 2.23 bits per heavy atom. The molecular weight excluding hydrogens is 348 g/mol. The van der Waals surface area contributed by atoms with E-state index in [1.165, 1.54) is 0 Å². The molecule has 2 aromatic heterocycles. The Morgan fingerprint density at radius 3 is 2.96 bits per heavy atom. The first kappa shape index (κ1) is 18.7.